The Hall–Kier alpha value is -1.39. The zero-order valence-corrected chi connectivity index (χ0v) is 9.78. The summed E-state index contributed by atoms with van der Waals surface area (Å²) in [5.74, 6) is -0.413. The molecule has 0 spiro atoms. The highest BCUT2D eigenvalue weighted by molar-refractivity contribution is 5.92. The maximum absolute atomic E-state index is 11.0. The second-order valence-electron chi connectivity index (χ2n) is 4.75. The molecule has 4 N–H and O–H groups in total. The molecule has 1 aliphatic carbocycles. The van der Waals surface area contributed by atoms with E-state index in [9.17, 15) is 9.90 Å². The van der Waals surface area contributed by atoms with Crippen LogP contribution in [0.15, 0.2) is 24.3 Å². The van der Waals surface area contributed by atoms with Crippen molar-refractivity contribution in [2.24, 2.45) is 5.73 Å². The van der Waals surface area contributed by atoms with Gasteiger partial charge in [0.25, 0.3) is 0 Å². The number of hydrogen-bond donors (Lipinski definition) is 3. The molecule has 0 radical (unpaired) electrons. The van der Waals surface area contributed by atoms with Crippen LogP contribution in [0, 0.1) is 0 Å². The van der Waals surface area contributed by atoms with Crippen LogP contribution < -0.4 is 11.1 Å². The Morgan fingerprint density at radius 2 is 2.24 bits per heavy atom. The van der Waals surface area contributed by atoms with E-state index in [4.69, 9.17) is 5.73 Å². The standard InChI is InChI=1S/C13H18N2O2/c14-12(16)11-4-1-3-10(7-11)8-15-9-13(17)5-2-6-13/h1,3-4,7,15,17H,2,5-6,8-9H2,(H2,14,16). The zero-order chi connectivity index (χ0) is 12.3. The smallest absolute Gasteiger partial charge is 0.248 e. The minimum atomic E-state index is -0.513. The van der Waals surface area contributed by atoms with Gasteiger partial charge in [-0.15, -0.1) is 0 Å². The first-order chi connectivity index (χ1) is 8.09. The van der Waals surface area contributed by atoms with Gasteiger partial charge < -0.3 is 16.2 Å². The van der Waals surface area contributed by atoms with E-state index < -0.39 is 11.5 Å². The molecule has 1 amide bonds. The van der Waals surface area contributed by atoms with Crippen LogP contribution in [0.2, 0.25) is 0 Å². The summed E-state index contributed by atoms with van der Waals surface area (Å²) in [6, 6.07) is 7.23. The first kappa shape index (κ1) is 12.1. The Balaban J connectivity index is 1.86. The van der Waals surface area contributed by atoms with Crippen molar-refractivity contribution in [1.29, 1.82) is 0 Å². The van der Waals surface area contributed by atoms with E-state index >= 15 is 0 Å². The lowest BCUT2D eigenvalue weighted by Gasteiger charge is -2.36. The summed E-state index contributed by atoms with van der Waals surface area (Å²) >= 11 is 0. The van der Waals surface area contributed by atoms with Gasteiger partial charge in [-0.1, -0.05) is 12.1 Å². The lowest BCUT2D eigenvalue weighted by Crippen LogP contribution is -2.45. The molecule has 0 heterocycles. The van der Waals surface area contributed by atoms with Crippen molar-refractivity contribution >= 4 is 5.91 Å². The third-order valence-corrected chi connectivity index (χ3v) is 3.28. The van der Waals surface area contributed by atoms with Gasteiger partial charge in [-0.3, -0.25) is 4.79 Å². The molecule has 4 heteroatoms. The molecule has 0 atom stereocenters. The summed E-state index contributed by atoms with van der Waals surface area (Å²) in [6.45, 7) is 1.25. The summed E-state index contributed by atoms with van der Waals surface area (Å²) in [7, 11) is 0. The largest absolute Gasteiger partial charge is 0.389 e. The van der Waals surface area contributed by atoms with Gasteiger partial charge in [0.15, 0.2) is 0 Å². The number of carbonyl (C=O) groups excluding carboxylic acids is 1. The average molecular weight is 234 g/mol. The molecule has 1 fully saturated rings. The van der Waals surface area contributed by atoms with Crippen LogP contribution in [0.3, 0.4) is 0 Å². The number of nitrogens with one attached hydrogen (secondary N) is 1. The molecule has 92 valence electrons. The number of carbonyl (C=O) groups is 1. The number of aliphatic hydroxyl groups is 1. The van der Waals surface area contributed by atoms with Gasteiger partial charge in [-0.25, -0.2) is 0 Å². The van der Waals surface area contributed by atoms with E-state index in [1.807, 2.05) is 12.1 Å². The van der Waals surface area contributed by atoms with Crippen molar-refractivity contribution in [1.82, 2.24) is 5.32 Å². The summed E-state index contributed by atoms with van der Waals surface area (Å²) in [6.07, 6.45) is 2.86. The molecule has 1 aromatic rings. The molecule has 0 aromatic heterocycles. The summed E-state index contributed by atoms with van der Waals surface area (Å²) in [5.41, 5.74) is 6.22. The number of hydrogen-bond acceptors (Lipinski definition) is 3. The van der Waals surface area contributed by atoms with Crippen LogP contribution in [-0.4, -0.2) is 23.2 Å². The number of primary amides is 1. The highest BCUT2D eigenvalue weighted by Crippen LogP contribution is 2.30. The quantitative estimate of drug-likeness (QED) is 0.705. The second kappa shape index (κ2) is 4.85. The van der Waals surface area contributed by atoms with Crippen LogP contribution in [0.4, 0.5) is 0 Å². The lowest BCUT2D eigenvalue weighted by atomic mass is 9.80. The van der Waals surface area contributed by atoms with Crippen molar-refractivity contribution in [3.63, 3.8) is 0 Å². The fourth-order valence-corrected chi connectivity index (χ4v) is 2.04. The monoisotopic (exact) mass is 234 g/mol. The van der Waals surface area contributed by atoms with Crippen LogP contribution in [0.25, 0.3) is 0 Å². The highest BCUT2D eigenvalue weighted by atomic mass is 16.3. The Bertz CT molecular complexity index is 414. The van der Waals surface area contributed by atoms with Gasteiger partial charge in [-0.05, 0) is 37.0 Å². The van der Waals surface area contributed by atoms with Gasteiger partial charge in [0, 0.05) is 18.7 Å². The zero-order valence-electron chi connectivity index (χ0n) is 9.78. The fraction of sp³-hybridized carbons (Fsp3) is 0.462. The maximum Gasteiger partial charge on any atom is 0.248 e. The molecule has 1 aliphatic rings. The topological polar surface area (TPSA) is 75.4 Å². The van der Waals surface area contributed by atoms with E-state index in [1.165, 1.54) is 0 Å². The number of nitrogens with two attached hydrogens (primary N) is 1. The van der Waals surface area contributed by atoms with E-state index in [-0.39, 0.29) is 0 Å². The van der Waals surface area contributed by atoms with E-state index in [2.05, 4.69) is 5.32 Å². The highest BCUT2D eigenvalue weighted by Gasteiger charge is 2.33. The Morgan fingerprint density at radius 3 is 2.82 bits per heavy atom. The van der Waals surface area contributed by atoms with Gasteiger partial charge in [0.05, 0.1) is 5.60 Å². The van der Waals surface area contributed by atoms with Crippen molar-refractivity contribution < 1.29 is 9.90 Å². The van der Waals surface area contributed by atoms with Gasteiger partial charge in [-0.2, -0.15) is 0 Å². The van der Waals surface area contributed by atoms with Gasteiger partial charge >= 0.3 is 0 Å². The van der Waals surface area contributed by atoms with Crippen LogP contribution in [0.1, 0.15) is 35.2 Å². The first-order valence-corrected chi connectivity index (χ1v) is 5.91. The van der Waals surface area contributed by atoms with Crippen LogP contribution in [0.5, 0.6) is 0 Å². The van der Waals surface area contributed by atoms with Crippen LogP contribution >= 0.6 is 0 Å². The maximum atomic E-state index is 11.0. The molecule has 0 aliphatic heterocycles. The number of rotatable bonds is 5. The van der Waals surface area contributed by atoms with Crippen molar-refractivity contribution in [2.75, 3.05) is 6.54 Å². The molecule has 1 saturated carbocycles. The predicted molar refractivity (Wildman–Crippen MR) is 65.5 cm³/mol. The average Bonchev–Trinajstić information content (AvgIpc) is 2.27. The van der Waals surface area contributed by atoms with E-state index in [0.717, 1.165) is 24.8 Å². The molecule has 17 heavy (non-hydrogen) atoms. The molecular formula is C13H18N2O2. The van der Waals surface area contributed by atoms with E-state index in [1.54, 1.807) is 12.1 Å². The fourth-order valence-electron chi connectivity index (χ4n) is 2.04. The Labute approximate surface area is 101 Å². The third-order valence-electron chi connectivity index (χ3n) is 3.28. The van der Waals surface area contributed by atoms with Gasteiger partial charge in [0.2, 0.25) is 5.91 Å². The van der Waals surface area contributed by atoms with Crippen molar-refractivity contribution in [3.05, 3.63) is 35.4 Å². The molecule has 0 bridgehead atoms. The molecule has 0 saturated heterocycles. The molecule has 4 nitrogen and oxygen atoms in total. The third kappa shape index (κ3) is 3.05. The first-order valence-electron chi connectivity index (χ1n) is 5.91. The number of benzene rings is 1. The summed E-state index contributed by atoms with van der Waals surface area (Å²) in [4.78, 5) is 11.0. The Kier molecular flexibility index (Phi) is 3.45. The molecular weight excluding hydrogens is 216 g/mol. The predicted octanol–water partition coefficient (Wildman–Crippen LogP) is 0.790. The van der Waals surface area contributed by atoms with Crippen molar-refractivity contribution in [2.45, 2.75) is 31.4 Å². The molecule has 0 unspecified atom stereocenters. The minimum Gasteiger partial charge on any atom is -0.389 e. The van der Waals surface area contributed by atoms with Crippen molar-refractivity contribution in [3.8, 4) is 0 Å². The summed E-state index contributed by atoms with van der Waals surface area (Å²) < 4.78 is 0. The van der Waals surface area contributed by atoms with Gasteiger partial charge in [0.1, 0.15) is 0 Å². The normalized spacial score (nSPS) is 17.5. The SMILES string of the molecule is NC(=O)c1cccc(CNCC2(O)CCC2)c1. The molecule has 2 rings (SSSR count). The second-order valence-corrected chi connectivity index (χ2v) is 4.75. The lowest BCUT2D eigenvalue weighted by molar-refractivity contribution is -0.0314. The summed E-state index contributed by atoms with van der Waals surface area (Å²) in [5, 5.41) is 13.1. The van der Waals surface area contributed by atoms with E-state index in [0.29, 0.717) is 18.7 Å². The molecule has 1 aromatic carbocycles. The van der Waals surface area contributed by atoms with Crippen LogP contribution in [-0.2, 0) is 6.54 Å². The number of amides is 1. The Morgan fingerprint density at radius 1 is 1.47 bits per heavy atom. The minimum absolute atomic E-state index is 0.413.